The lowest BCUT2D eigenvalue weighted by Crippen LogP contribution is -2.40. The molecule has 1 aliphatic heterocycles. The first kappa shape index (κ1) is 26.6. The van der Waals surface area contributed by atoms with Crippen LogP contribution in [0.25, 0.3) is 11.4 Å². The highest BCUT2D eigenvalue weighted by Crippen LogP contribution is 2.29. The number of likely N-dealkylation sites (tertiary alicyclic amines) is 1. The minimum absolute atomic E-state index is 0.0214. The fraction of sp³-hybridized carbons (Fsp3) is 0.375. The van der Waals surface area contributed by atoms with Crippen molar-refractivity contribution in [2.24, 2.45) is 5.92 Å². The fourth-order valence-electron chi connectivity index (χ4n) is 3.86. The van der Waals surface area contributed by atoms with Crippen LogP contribution in [0.15, 0.2) is 40.9 Å². The van der Waals surface area contributed by atoms with E-state index in [1.54, 1.807) is 36.0 Å². The van der Waals surface area contributed by atoms with Crippen molar-refractivity contribution in [2.75, 3.05) is 25.4 Å². The molecule has 1 saturated heterocycles. The summed E-state index contributed by atoms with van der Waals surface area (Å²) in [4.78, 5) is 19.3. The Labute approximate surface area is 228 Å². The van der Waals surface area contributed by atoms with Crippen molar-refractivity contribution in [1.82, 2.24) is 20.4 Å². The van der Waals surface area contributed by atoms with Gasteiger partial charge in [0.25, 0.3) is 0 Å². The molecular weight excluding hydrogens is 550 g/mol. The number of nitrogens with zero attached hydrogens (tertiary/aromatic N) is 3. The lowest BCUT2D eigenvalue weighted by Gasteiger charge is -2.30. The molecule has 2 aromatic carbocycles. The van der Waals surface area contributed by atoms with Gasteiger partial charge in [0.05, 0.1) is 11.6 Å². The van der Waals surface area contributed by atoms with Gasteiger partial charge >= 0.3 is 0 Å². The number of hydrogen-bond donors (Lipinski definition) is 1. The van der Waals surface area contributed by atoms with Crippen molar-refractivity contribution >= 4 is 64.1 Å². The van der Waals surface area contributed by atoms with E-state index in [0.717, 1.165) is 43.0 Å². The van der Waals surface area contributed by atoms with Crippen LogP contribution < -0.4 is 5.32 Å². The molecule has 0 spiro atoms. The highest BCUT2D eigenvalue weighted by atomic mass is 35.5. The Morgan fingerprint density at radius 1 is 1.06 bits per heavy atom. The Bertz CT molecular complexity index is 1170. The van der Waals surface area contributed by atoms with Gasteiger partial charge in [0, 0.05) is 44.6 Å². The van der Waals surface area contributed by atoms with E-state index in [-0.39, 0.29) is 11.8 Å². The Morgan fingerprint density at radius 2 is 1.77 bits per heavy atom. The first-order chi connectivity index (χ1) is 16.9. The number of hydrogen-bond acceptors (Lipinski definition) is 6. The topological polar surface area (TPSA) is 71.3 Å². The maximum atomic E-state index is 12.6. The summed E-state index contributed by atoms with van der Waals surface area (Å²) in [6.07, 6.45) is 1.59. The van der Waals surface area contributed by atoms with E-state index in [0.29, 0.717) is 50.5 Å². The largest absolute Gasteiger partial charge is 0.355 e. The molecule has 11 heteroatoms. The van der Waals surface area contributed by atoms with E-state index in [1.807, 2.05) is 12.1 Å². The Balaban J connectivity index is 1.16. The highest BCUT2D eigenvalue weighted by molar-refractivity contribution is 7.98. The highest BCUT2D eigenvalue weighted by Gasteiger charge is 2.26. The van der Waals surface area contributed by atoms with Crippen LogP contribution in [0.4, 0.5) is 0 Å². The summed E-state index contributed by atoms with van der Waals surface area (Å²) in [5.41, 5.74) is 1.72. The minimum Gasteiger partial charge on any atom is -0.355 e. The van der Waals surface area contributed by atoms with Gasteiger partial charge in [0.1, 0.15) is 0 Å². The summed E-state index contributed by atoms with van der Waals surface area (Å²) in [6, 6.07) is 10.7. The van der Waals surface area contributed by atoms with Crippen molar-refractivity contribution in [3.05, 3.63) is 67.9 Å². The molecule has 35 heavy (non-hydrogen) atoms. The third-order valence-corrected chi connectivity index (χ3v) is 7.92. The van der Waals surface area contributed by atoms with Crippen molar-refractivity contribution in [2.45, 2.75) is 25.1 Å². The summed E-state index contributed by atoms with van der Waals surface area (Å²) < 4.78 is 5.41. The standard InChI is InChI=1S/C24H24Cl4N4O2S/c25-17-2-1-16(20(27)11-17)14-35-10-7-29-24(33)15-5-8-32(9-6-15)13-22-30-23(31-34-22)19-4-3-18(26)12-21(19)28/h1-4,11-12,15H,5-10,13-14H2,(H,29,33). The minimum atomic E-state index is 0.0214. The predicted octanol–water partition coefficient (Wildman–Crippen LogP) is 6.61. The lowest BCUT2D eigenvalue weighted by molar-refractivity contribution is -0.126. The normalized spacial score (nSPS) is 14.9. The number of carbonyl (C=O) groups excluding carboxylic acids is 1. The van der Waals surface area contributed by atoms with Crippen molar-refractivity contribution in [1.29, 1.82) is 0 Å². The van der Waals surface area contributed by atoms with Gasteiger partial charge in [-0.15, -0.1) is 0 Å². The fourth-order valence-corrected chi connectivity index (χ4v) is 5.77. The maximum absolute atomic E-state index is 12.6. The Morgan fingerprint density at radius 3 is 2.49 bits per heavy atom. The van der Waals surface area contributed by atoms with Crippen molar-refractivity contribution < 1.29 is 9.32 Å². The average Bonchev–Trinajstić information content (AvgIpc) is 3.28. The molecule has 2 heterocycles. The quantitative estimate of drug-likeness (QED) is 0.290. The molecule has 1 fully saturated rings. The van der Waals surface area contributed by atoms with Gasteiger partial charge in [-0.2, -0.15) is 16.7 Å². The maximum Gasteiger partial charge on any atom is 0.241 e. The third kappa shape index (κ3) is 7.51. The molecule has 0 aliphatic carbocycles. The van der Waals surface area contributed by atoms with Gasteiger partial charge in [-0.05, 0) is 61.8 Å². The van der Waals surface area contributed by atoms with Gasteiger partial charge < -0.3 is 9.84 Å². The van der Waals surface area contributed by atoms with Crippen molar-refractivity contribution in [3.63, 3.8) is 0 Å². The zero-order chi connectivity index (χ0) is 24.8. The van der Waals surface area contributed by atoms with E-state index in [4.69, 9.17) is 50.9 Å². The number of thioether (sulfide) groups is 1. The van der Waals surface area contributed by atoms with Crippen LogP contribution in [0.1, 0.15) is 24.3 Å². The summed E-state index contributed by atoms with van der Waals surface area (Å²) >= 11 is 26.1. The Kier molecular flexibility index (Phi) is 9.61. The second kappa shape index (κ2) is 12.7. The zero-order valence-corrected chi connectivity index (χ0v) is 22.6. The summed E-state index contributed by atoms with van der Waals surface area (Å²) in [6.45, 7) is 2.76. The molecule has 0 atom stereocenters. The van der Waals surface area contributed by atoms with Gasteiger partial charge in [0.2, 0.25) is 17.6 Å². The van der Waals surface area contributed by atoms with Crippen LogP contribution in [0.2, 0.25) is 20.1 Å². The van der Waals surface area contributed by atoms with E-state index in [9.17, 15) is 4.79 Å². The van der Waals surface area contributed by atoms with E-state index in [1.165, 1.54) is 0 Å². The first-order valence-corrected chi connectivity index (χ1v) is 13.9. The SMILES string of the molecule is O=C(NCCSCc1ccc(Cl)cc1Cl)C1CCN(Cc2nc(-c3ccc(Cl)cc3Cl)no2)CC1. The molecule has 1 aromatic heterocycles. The van der Waals surface area contributed by atoms with Crippen LogP contribution >= 0.6 is 58.2 Å². The molecule has 1 N–H and O–H groups in total. The number of aromatic nitrogens is 2. The van der Waals surface area contributed by atoms with Crippen LogP contribution in [0.5, 0.6) is 0 Å². The number of rotatable bonds is 9. The molecule has 0 radical (unpaired) electrons. The molecule has 0 unspecified atom stereocenters. The second-order valence-electron chi connectivity index (χ2n) is 8.27. The van der Waals surface area contributed by atoms with E-state index < -0.39 is 0 Å². The zero-order valence-electron chi connectivity index (χ0n) is 18.8. The number of benzene rings is 2. The van der Waals surface area contributed by atoms with Crippen molar-refractivity contribution in [3.8, 4) is 11.4 Å². The number of nitrogens with one attached hydrogen (secondary N) is 1. The van der Waals surface area contributed by atoms with E-state index in [2.05, 4.69) is 20.4 Å². The second-order valence-corrected chi connectivity index (χ2v) is 11.1. The lowest BCUT2D eigenvalue weighted by atomic mass is 9.96. The predicted molar refractivity (Wildman–Crippen MR) is 143 cm³/mol. The summed E-state index contributed by atoms with van der Waals surface area (Å²) in [7, 11) is 0. The van der Waals surface area contributed by atoms with Crippen LogP contribution in [-0.4, -0.2) is 46.3 Å². The van der Waals surface area contributed by atoms with Gasteiger partial charge in [-0.25, -0.2) is 0 Å². The molecule has 6 nitrogen and oxygen atoms in total. The van der Waals surface area contributed by atoms with Crippen LogP contribution in [0, 0.1) is 5.92 Å². The van der Waals surface area contributed by atoms with Gasteiger partial charge in [-0.3, -0.25) is 9.69 Å². The number of halogens is 4. The average molecular weight is 574 g/mol. The first-order valence-electron chi connectivity index (χ1n) is 11.2. The van der Waals surface area contributed by atoms with Gasteiger partial charge in [0.15, 0.2) is 0 Å². The summed E-state index contributed by atoms with van der Waals surface area (Å²) in [5, 5.41) is 9.44. The molecular formula is C24H24Cl4N4O2S. The molecule has 1 aliphatic rings. The number of carbonyl (C=O) groups is 1. The molecule has 1 amide bonds. The summed E-state index contributed by atoms with van der Waals surface area (Å²) in [5.74, 6) is 2.70. The number of amides is 1. The molecule has 4 rings (SSSR count). The monoisotopic (exact) mass is 572 g/mol. The van der Waals surface area contributed by atoms with Crippen LogP contribution in [0.3, 0.4) is 0 Å². The molecule has 0 saturated carbocycles. The van der Waals surface area contributed by atoms with Gasteiger partial charge in [-0.1, -0.05) is 57.6 Å². The third-order valence-electron chi connectivity index (χ3n) is 5.78. The Hall–Kier alpha value is -1.48. The van der Waals surface area contributed by atoms with Crippen LogP contribution in [-0.2, 0) is 17.1 Å². The van der Waals surface area contributed by atoms with E-state index >= 15 is 0 Å². The smallest absolute Gasteiger partial charge is 0.241 e. The molecule has 3 aromatic rings. The molecule has 186 valence electrons. The number of piperidine rings is 1. The molecule has 0 bridgehead atoms.